The smallest absolute Gasteiger partial charge is 0.119 e. The second-order valence-electron chi connectivity index (χ2n) is 9.28. The lowest BCUT2D eigenvalue weighted by molar-refractivity contribution is 0.158. The first kappa shape index (κ1) is 20.7. The minimum atomic E-state index is 0.784. The average Bonchev–Trinajstić information content (AvgIpc) is 2.74. The van der Waals surface area contributed by atoms with Crippen LogP contribution in [-0.4, -0.2) is 6.61 Å². The van der Waals surface area contributed by atoms with Crippen LogP contribution in [0.1, 0.15) is 109 Å². The summed E-state index contributed by atoms with van der Waals surface area (Å²) in [6, 6.07) is 9.07. The van der Waals surface area contributed by atoms with Gasteiger partial charge in [-0.2, -0.15) is 0 Å². The van der Waals surface area contributed by atoms with Crippen molar-refractivity contribution in [1.82, 2.24) is 0 Å². The van der Waals surface area contributed by atoms with Gasteiger partial charge in [-0.15, -0.1) is 0 Å². The molecule has 0 spiro atoms. The van der Waals surface area contributed by atoms with Gasteiger partial charge < -0.3 is 4.74 Å². The molecule has 0 radical (unpaired) electrons. The van der Waals surface area contributed by atoms with Crippen LogP contribution in [0.4, 0.5) is 0 Å². The largest absolute Gasteiger partial charge is 0.494 e. The molecule has 2 aliphatic rings. The molecule has 0 N–H and O–H groups in total. The summed E-state index contributed by atoms with van der Waals surface area (Å²) in [7, 11) is 0. The molecule has 0 aromatic heterocycles. The summed E-state index contributed by atoms with van der Waals surface area (Å²) in [5, 5.41) is 0. The van der Waals surface area contributed by atoms with Gasteiger partial charge in [-0.3, -0.25) is 0 Å². The van der Waals surface area contributed by atoms with Gasteiger partial charge in [0.2, 0.25) is 0 Å². The van der Waals surface area contributed by atoms with Crippen LogP contribution in [-0.2, 0) is 0 Å². The number of unbranched alkanes of at least 4 members (excludes halogenated alkanes) is 3. The lowest BCUT2D eigenvalue weighted by atomic mass is 9.68. The van der Waals surface area contributed by atoms with Gasteiger partial charge >= 0.3 is 0 Å². The maximum Gasteiger partial charge on any atom is 0.119 e. The van der Waals surface area contributed by atoms with Crippen molar-refractivity contribution in [2.45, 2.75) is 103 Å². The van der Waals surface area contributed by atoms with E-state index in [1.54, 1.807) is 5.56 Å². The molecular weight excluding hydrogens is 328 g/mol. The topological polar surface area (TPSA) is 9.23 Å². The first-order valence-corrected chi connectivity index (χ1v) is 12.0. The summed E-state index contributed by atoms with van der Waals surface area (Å²) in [4.78, 5) is 0. The van der Waals surface area contributed by atoms with E-state index in [4.69, 9.17) is 4.74 Å². The highest BCUT2D eigenvalue weighted by atomic mass is 16.5. The third-order valence-corrected chi connectivity index (χ3v) is 7.53. The monoisotopic (exact) mass is 370 g/mol. The van der Waals surface area contributed by atoms with E-state index in [-0.39, 0.29) is 0 Å². The Bertz CT molecular complexity index is 504. The molecule has 2 saturated carbocycles. The van der Waals surface area contributed by atoms with Crippen molar-refractivity contribution in [2.75, 3.05) is 6.61 Å². The summed E-state index contributed by atoms with van der Waals surface area (Å²) in [5.74, 6) is 4.93. The Morgan fingerprint density at radius 3 is 1.96 bits per heavy atom. The Morgan fingerprint density at radius 1 is 0.741 bits per heavy atom. The highest BCUT2D eigenvalue weighted by molar-refractivity contribution is 5.29. The van der Waals surface area contributed by atoms with Gasteiger partial charge in [-0.05, 0) is 86.3 Å². The van der Waals surface area contributed by atoms with E-state index in [2.05, 4.69) is 38.1 Å². The minimum absolute atomic E-state index is 0.784. The lowest BCUT2D eigenvalue weighted by Crippen LogP contribution is -2.25. The minimum Gasteiger partial charge on any atom is -0.494 e. The lowest BCUT2D eigenvalue weighted by Gasteiger charge is -2.38. The van der Waals surface area contributed by atoms with E-state index >= 15 is 0 Å². The van der Waals surface area contributed by atoms with Crippen LogP contribution in [0.2, 0.25) is 0 Å². The molecule has 2 fully saturated rings. The Kier molecular flexibility index (Phi) is 8.55. The molecule has 0 unspecified atom stereocenters. The molecule has 0 amide bonds. The number of hydrogen-bond acceptors (Lipinski definition) is 1. The molecule has 0 aliphatic heterocycles. The fourth-order valence-corrected chi connectivity index (χ4v) is 5.55. The van der Waals surface area contributed by atoms with Crippen molar-refractivity contribution in [1.29, 1.82) is 0 Å². The van der Waals surface area contributed by atoms with Crippen LogP contribution in [0.25, 0.3) is 0 Å². The molecule has 0 heterocycles. The number of rotatable bonds is 9. The average molecular weight is 371 g/mol. The highest BCUT2D eigenvalue weighted by Crippen LogP contribution is 2.44. The van der Waals surface area contributed by atoms with E-state index in [1.165, 1.54) is 83.5 Å². The van der Waals surface area contributed by atoms with Crippen molar-refractivity contribution in [2.24, 2.45) is 17.8 Å². The fourth-order valence-electron chi connectivity index (χ4n) is 5.55. The molecule has 1 aromatic carbocycles. The van der Waals surface area contributed by atoms with Crippen LogP contribution < -0.4 is 4.74 Å². The van der Waals surface area contributed by atoms with Gasteiger partial charge in [0.15, 0.2) is 0 Å². The second-order valence-corrected chi connectivity index (χ2v) is 9.28. The summed E-state index contributed by atoms with van der Waals surface area (Å²) >= 11 is 0. The Morgan fingerprint density at radius 2 is 1.37 bits per heavy atom. The Hall–Kier alpha value is -0.980. The van der Waals surface area contributed by atoms with Gasteiger partial charge in [0.1, 0.15) is 5.75 Å². The van der Waals surface area contributed by atoms with Crippen LogP contribution in [0.3, 0.4) is 0 Å². The van der Waals surface area contributed by atoms with E-state index < -0.39 is 0 Å². The summed E-state index contributed by atoms with van der Waals surface area (Å²) in [6.07, 6.45) is 18.2. The summed E-state index contributed by atoms with van der Waals surface area (Å²) in [6.45, 7) is 5.49. The van der Waals surface area contributed by atoms with Crippen LogP contribution in [0, 0.1) is 17.8 Å². The van der Waals surface area contributed by atoms with Crippen LogP contribution in [0.15, 0.2) is 24.3 Å². The van der Waals surface area contributed by atoms with E-state index in [0.29, 0.717) is 0 Å². The Balaban J connectivity index is 1.39. The molecule has 3 rings (SSSR count). The predicted molar refractivity (Wildman–Crippen MR) is 117 cm³/mol. The maximum atomic E-state index is 5.91. The summed E-state index contributed by atoms with van der Waals surface area (Å²) in [5.41, 5.74) is 1.54. The van der Waals surface area contributed by atoms with Crippen molar-refractivity contribution in [3.05, 3.63) is 29.8 Å². The molecule has 2 aliphatic carbocycles. The first-order valence-electron chi connectivity index (χ1n) is 12.0. The van der Waals surface area contributed by atoms with E-state index in [9.17, 15) is 0 Å². The van der Waals surface area contributed by atoms with Gasteiger partial charge in [0.25, 0.3) is 0 Å². The van der Waals surface area contributed by atoms with E-state index in [0.717, 1.165) is 36.0 Å². The van der Waals surface area contributed by atoms with Crippen LogP contribution in [0.5, 0.6) is 5.75 Å². The SMILES string of the molecule is CCCCCCOc1ccc([C@H]2CC[C@H]([C@H]3CC[C@H](CC)CC3)CC2)cc1. The zero-order chi connectivity index (χ0) is 18.9. The summed E-state index contributed by atoms with van der Waals surface area (Å²) < 4.78 is 5.91. The molecule has 1 nitrogen and oxygen atoms in total. The molecule has 0 saturated heterocycles. The van der Waals surface area contributed by atoms with Crippen molar-refractivity contribution < 1.29 is 4.74 Å². The first-order chi connectivity index (χ1) is 13.3. The standard InChI is InChI=1S/C26H42O/c1-3-5-6-7-20-27-26-18-16-25(17-19-26)24-14-12-23(13-15-24)22-10-8-21(4-2)9-11-22/h16-19,21-24H,3-15,20H2,1-2H3/t21-,22-,23-,24-. The molecule has 1 heteroatoms. The van der Waals surface area contributed by atoms with Crippen LogP contribution >= 0.6 is 0 Å². The molecule has 27 heavy (non-hydrogen) atoms. The number of ether oxygens (including phenoxy) is 1. The third-order valence-electron chi connectivity index (χ3n) is 7.53. The number of hydrogen-bond donors (Lipinski definition) is 0. The second kappa shape index (κ2) is 11.1. The predicted octanol–water partition coefficient (Wildman–Crippen LogP) is 8.14. The zero-order valence-electron chi connectivity index (χ0n) is 17.9. The molecular formula is C26H42O. The normalized spacial score (nSPS) is 28.8. The van der Waals surface area contributed by atoms with Crippen molar-refractivity contribution >= 4 is 0 Å². The molecule has 152 valence electrons. The number of benzene rings is 1. The molecule has 1 aromatic rings. The van der Waals surface area contributed by atoms with Crippen molar-refractivity contribution in [3.63, 3.8) is 0 Å². The van der Waals surface area contributed by atoms with Gasteiger partial charge in [0.05, 0.1) is 6.61 Å². The highest BCUT2D eigenvalue weighted by Gasteiger charge is 2.30. The molecule has 0 bridgehead atoms. The quantitative estimate of drug-likeness (QED) is 0.399. The Labute approximate surface area is 168 Å². The molecule has 0 atom stereocenters. The van der Waals surface area contributed by atoms with Gasteiger partial charge in [-0.1, -0.05) is 64.5 Å². The van der Waals surface area contributed by atoms with Gasteiger partial charge in [-0.25, -0.2) is 0 Å². The maximum absolute atomic E-state index is 5.91. The zero-order valence-corrected chi connectivity index (χ0v) is 17.9. The van der Waals surface area contributed by atoms with Crippen molar-refractivity contribution in [3.8, 4) is 5.75 Å². The van der Waals surface area contributed by atoms with Gasteiger partial charge in [0, 0.05) is 0 Å². The van der Waals surface area contributed by atoms with E-state index in [1.807, 2.05) is 0 Å². The fraction of sp³-hybridized carbons (Fsp3) is 0.769. The third kappa shape index (κ3) is 6.26.